The van der Waals surface area contributed by atoms with Gasteiger partial charge in [-0.15, -0.1) is 0 Å². The van der Waals surface area contributed by atoms with Crippen LogP contribution in [0.4, 0.5) is 5.69 Å². The third-order valence-electron chi connectivity index (χ3n) is 4.16. The summed E-state index contributed by atoms with van der Waals surface area (Å²) in [5.74, 6) is 0.360. The quantitative estimate of drug-likeness (QED) is 0.869. The second kappa shape index (κ2) is 5.13. The van der Waals surface area contributed by atoms with E-state index in [1.807, 2.05) is 0 Å². The van der Waals surface area contributed by atoms with Gasteiger partial charge < -0.3 is 16.0 Å². The fraction of sp³-hybridized carbons (Fsp3) is 0.500. The molecule has 1 aromatic rings. The SMILES string of the molecule is NCc1ccc(N2CCCC3C(=O)NCC32)c(Br)c1. The molecule has 3 rings (SSSR count). The molecule has 2 heterocycles. The first kappa shape index (κ1) is 12.9. The minimum absolute atomic E-state index is 0.148. The lowest BCUT2D eigenvalue weighted by Crippen LogP contribution is -2.45. The zero-order valence-electron chi connectivity index (χ0n) is 10.7. The van der Waals surface area contributed by atoms with Crippen molar-refractivity contribution in [2.45, 2.75) is 25.4 Å². The van der Waals surface area contributed by atoms with Crippen LogP contribution in [0.5, 0.6) is 0 Å². The highest BCUT2D eigenvalue weighted by Gasteiger charge is 2.41. The van der Waals surface area contributed by atoms with Crippen LogP contribution in [0.25, 0.3) is 0 Å². The molecule has 1 amide bonds. The molecule has 2 saturated heterocycles. The molecule has 1 aromatic carbocycles. The number of amides is 1. The van der Waals surface area contributed by atoms with Gasteiger partial charge in [0.05, 0.1) is 17.6 Å². The Balaban J connectivity index is 1.91. The number of halogens is 1. The smallest absolute Gasteiger partial charge is 0.225 e. The lowest BCUT2D eigenvalue weighted by molar-refractivity contribution is -0.122. The van der Waals surface area contributed by atoms with Gasteiger partial charge in [-0.2, -0.15) is 0 Å². The van der Waals surface area contributed by atoms with E-state index in [4.69, 9.17) is 5.73 Å². The average molecular weight is 324 g/mol. The van der Waals surface area contributed by atoms with E-state index in [0.29, 0.717) is 12.6 Å². The zero-order chi connectivity index (χ0) is 13.4. The minimum Gasteiger partial charge on any atom is -0.365 e. The summed E-state index contributed by atoms with van der Waals surface area (Å²) in [6, 6.07) is 6.54. The van der Waals surface area contributed by atoms with E-state index in [1.54, 1.807) is 0 Å². The highest BCUT2D eigenvalue weighted by Crippen LogP contribution is 2.35. The Bertz CT molecular complexity index is 505. The number of hydrogen-bond donors (Lipinski definition) is 2. The van der Waals surface area contributed by atoms with E-state index in [-0.39, 0.29) is 11.8 Å². The van der Waals surface area contributed by atoms with Crippen LogP contribution in [0.1, 0.15) is 18.4 Å². The van der Waals surface area contributed by atoms with E-state index in [0.717, 1.165) is 36.0 Å². The maximum atomic E-state index is 11.8. The minimum atomic E-state index is 0.148. The molecule has 0 bridgehead atoms. The van der Waals surface area contributed by atoms with Gasteiger partial charge in [0, 0.05) is 24.1 Å². The van der Waals surface area contributed by atoms with Crippen LogP contribution in [-0.2, 0) is 11.3 Å². The van der Waals surface area contributed by atoms with Crippen molar-refractivity contribution in [3.63, 3.8) is 0 Å². The predicted molar refractivity (Wildman–Crippen MR) is 78.9 cm³/mol. The number of nitrogens with zero attached hydrogens (tertiary/aromatic N) is 1. The molecule has 2 atom stereocenters. The Hall–Kier alpha value is -1.07. The van der Waals surface area contributed by atoms with Crippen molar-refractivity contribution in [3.8, 4) is 0 Å². The third kappa shape index (κ3) is 2.25. The number of benzene rings is 1. The molecular formula is C14H18BrN3O. The Morgan fingerprint density at radius 3 is 3.05 bits per heavy atom. The van der Waals surface area contributed by atoms with E-state index in [2.05, 4.69) is 44.3 Å². The molecular weight excluding hydrogens is 306 g/mol. The second-order valence-corrected chi connectivity index (χ2v) is 6.10. The first-order chi connectivity index (χ1) is 9.20. The van der Waals surface area contributed by atoms with Crippen LogP contribution in [0.3, 0.4) is 0 Å². The maximum absolute atomic E-state index is 11.8. The highest BCUT2D eigenvalue weighted by molar-refractivity contribution is 9.10. The molecule has 2 fully saturated rings. The number of piperidine rings is 1. The summed E-state index contributed by atoms with van der Waals surface area (Å²) in [5, 5.41) is 2.99. The number of rotatable bonds is 2. The Morgan fingerprint density at radius 1 is 1.47 bits per heavy atom. The van der Waals surface area contributed by atoms with Gasteiger partial charge in [0.1, 0.15) is 0 Å². The van der Waals surface area contributed by atoms with Gasteiger partial charge in [-0.25, -0.2) is 0 Å². The number of hydrogen-bond acceptors (Lipinski definition) is 3. The van der Waals surface area contributed by atoms with Gasteiger partial charge in [-0.1, -0.05) is 6.07 Å². The molecule has 5 heteroatoms. The highest BCUT2D eigenvalue weighted by atomic mass is 79.9. The van der Waals surface area contributed by atoms with Crippen LogP contribution < -0.4 is 16.0 Å². The topological polar surface area (TPSA) is 58.4 Å². The van der Waals surface area contributed by atoms with Crippen molar-refractivity contribution >= 4 is 27.5 Å². The molecule has 3 N–H and O–H groups in total. The fourth-order valence-electron chi connectivity index (χ4n) is 3.16. The molecule has 19 heavy (non-hydrogen) atoms. The fourth-order valence-corrected chi connectivity index (χ4v) is 3.81. The Kier molecular flexibility index (Phi) is 3.50. The number of nitrogens with two attached hydrogens (primary N) is 1. The monoisotopic (exact) mass is 323 g/mol. The Morgan fingerprint density at radius 2 is 2.32 bits per heavy atom. The van der Waals surface area contributed by atoms with Crippen molar-refractivity contribution < 1.29 is 4.79 Å². The van der Waals surface area contributed by atoms with Crippen molar-refractivity contribution in [2.75, 3.05) is 18.0 Å². The number of carbonyl (C=O) groups is 1. The van der Waals surface area contributed by atoms with Crippen molar-refractivity contribution in [3.05, 3.63) is 28.2 Å². The van der Waals surface area contributed by atoms with Crippen LogP contribution in [0.15, 0.2) is 22.7 Å². The van der Waals surface area contributed by atoms with Crippen molar-refractivity contribution in [2.24, 2.45) is 11.7 Å². The van der Waals surface area contributed by atoms with Crippen LogP contribution in [0, 0.1) is 5.92 Å². The van der Waals surface area contributed by atoms with Gasteiger partial charge >= 0.3 is 0 Å². The van der Waals surface area contributed by atoms with Crippen molar-refractivity contribution in [1.29, 1.82) is 0 Å². The van der Waals surface area contributed by atoms with Gasteiger partial charge in [-0.3, -0.25) is 4.79 Å². The van der Waals surface area contributed by atoms with Crippen LogP contribution in [0.2, 0.25) is 0 Å². The van der Waals surface area contributed by atoms with Crippen LogP contribution >= 0.6 is 15.9 Å². The molecule has 0 radical (unpaired) electrons. The largest absolute Gasteiger partial charge is 0.365 e. The summed E-state index contributed by atoms with van der Waals surface area (Å²) in [6.45, 7) is 2.32. The zero-order valence-corrected chi connectivity index (χ0v) is 12.3. The van der Waals surface area contributed by atoms with Crippen molar-refractivity contribution in [1.82, 2.24) is 5.32 Å². The van der Waals surface area contributed by atoms with E-state index in [9.17, 15) is 4.79 Å². The van der Waals surface area contributed by atoms with Crippen LogP contribution in [-0.4, -0.2) is 25.0 Å². The number of fused-ring (bicyclic) bond motifs is 1. The number of anilines is 1. The normalized spacial score (nSPS) is 26.2. The summed E-state index contributed by atoms with van der Waals surface area (Å²) in [7, 11) is 0. The van der Waals surface area contributed by atoms with Gasteiger partial charge in [0.25, 0.3) is 0 Å². The first-order valence-electron chi connectivity index (χ1n) is 6.73. The third-order valence-corrected chi connectivity index (χ3v) is 4.79. The lowest BCUT2D eigenvalue weighted by Gasteiger charge is -2.38. The molecule has 0 aromatic heterocycles. The standard InChI is InChI=1S/C14H18BrN3O/c15-11-6-9(7-16)3-4-12(11)18-5-1-2-10-13(18)8-17-14(10)19/h3-4,6,10,13H,1-2,5,7-8,16H2,(H,17,19). The molecule has 0 saturated carbocycles. The molecule has 4 nitrogen and oxygen atoms in total. The maximum Gasteiger partial charge on any atom is 0.225 e. The predicted octanol–water partition coefficient (Wildman–Crippen LogP) is 1.62. The molecule has 2 unspecified atom stereocenters. The summed E-state index contributed by atoms with van der Waals surface area (Å²) in [6.07, 6.45) is 2.07. The molecule has 2 aliphatic rings. The van der Waals surface area contributed by atoms with Gasteiger partial charge in [0.15, 0.2) is 0 Å². The summed E-state index contributed by atoms with van der Waals surface area (Å²) in [4.78, 5) is 14.2. The average Bonchev–Trinajstić information content (AvgIpc) is 2.81. The molecule has 0 spiro atoms. The summed E-state index contributed by atoms with van der Waals surface area (Å²) >= 11 is 3.63. The molecule has 2 aliphatic heterocycles. The lowest BCUT2D eigenvalue weighted by atomic mass is 9.91. The molecule has 102 valence electrons. The first-order valence-corrected chi connectivity index (χ1v) is 7.53. The van der Waals surface area contributed by atoms with Gasteiger partial charge in [-0.05, 0) is 46.5 Å². The molecule has 0 aliphatic carbocycles. The van der Waals surface area contributed by atoms with E-state index in [1.165, 1.54) is 5.69 Å². The number of nitrogens with one attached hydrogen (secondary N) is 1. The Labute approximate surface area is 121 Å². The second-order valence-electron chi connectivity index (χ2n) is 5.24. The number of carbonyl (C=O) groups excluding carboxylic acids is 1. The summed E-state index contributed by atoms with van der Waals surface area (Å²) < 4.78 is 1.07. The van der Waals surface area contributed by atoms with E-state index < -0.39 is 0 Å². The van der Waals surface area contributed by atoms with Gasteiger partial charge in [0.2, 0.25) is 5.91 Å². The summed E-state index contributed by atoms with van der Waals surface area (Å²) in [5.41, 5.74) is 7.95. The van der Waals surface area contributed by atoms with E-state index >= 15 is 0 Å².